The highest BCUT2D eigenvalue weighted by molar-refractivity contribution is 5.78. The zero-order valence-corrected chi connectivity index (χ0v) is 7.53. The Morgan fingerprint density at radius 3 is 3.00 bits per heavy atom. The Hall–Kier alpha value is -1.38. The fraction of sp³-hybridized carbons (Fsp3) is 0.400. The molecule has 0 bridgehead atoms. The monoisotopic (exact) mass is 180 g/mol. The summed E-state index contributed by atoms with van der Waals surface area (Å²) in [6, 6.07) is 0. The molecule has 1 aliphatic carbocycles. The normalized spacial score (nSPS) is 20.7. The third-order valence-corrected chi connectivity index (χ3v) is 1.80. The summed E-state index contributed by atoms with van der Waals surface area (Å²) < 4.78 is 5.05. The van der Waals surface area contributed by atoms with Crippen molar-refractivity contribution in [3.63, 3.8) is 0 Å². The summed E-state index contributed by atoms with van der Waals surface area (Å²) in [7, 11) is 0. The zero-order valence-electron chi connectivity index (χ0n) is 7.53. The number of aldehydes is 1. The first kappa shape index (κ1) is 9.71. The topological polar surface area (TPSA) is 43.4 Å². The van der Waals surface area contributed by atoms with Gasteiger partial charge in [-0.15, -0.1) is 0 Å². The highest BCUT2D eigenvalue weighted by Crippen LogP contribution is 2.12. The number of carbonyl (C=O) groups is 2. The quantitative estimate of drug-likeness (QED) is 0.487. The molecule has 70 valence electrons. The Morgan fingerprint density at radius 1 is 1.77 bits per heavy atom. The molecule has 0 amide bonds. The van der Waals surface area contributed by atoms with Gasteiger partial charge in [0.25, 0.3) is 0 Å². The largest absolute Gasteiger partial charge is 0.458 e. The van der Waals surface area contributed by atoms with E-state index in [9.17, 15) is 9.59 Å². The molecule has 0 aromatic carbocycles. The molecule has 0 fully saturated rings. The highest BCUT2D eigenvalue weighted by Gasteiger charge is 2.11. The summed E-state index contributed by atoms with van der Waals surface area (Å²) in [5, 5.41) is 0. The van der Waals surface area contributed by atoms with Gasteiger partial charge in [0.1, 0.15) is 12.4 Å². The second-order valence-electron chi connectivity index (χ2n) is 2.80. The molecule has 1 atom stereocenters. The molecule has 0 aliphatic heterocycles. The lowest BCUT2D eigenvalue weighted by molar-refractivity contribution is -0.146. The Morgan fingerprint density at radius 2 is 2.54 bits per heavy atom. The van der Waals surface area contributed by atoms with Crippen LogP contribution in [-0.4, -0.2) is 18.4 Å². The molecule has 0 saturated heterocycles. The van der Waals surface area contributed by atoms with Gasteiger partial charge in [0.2, 0.25) is 0 Å². The molecule has 0 radical (unpaired) electrons. The lowest BCUT2D eigenvalue weighted by atomic mass is 10.1. The molecular formula is C10H12O3. The number of allylic oxidation sites excluding steroid dienone is 2. The Labute approximate surface area is 77.1 Å². The summed E-state index contributed by atoms with van der Waals surface area (Å²) in [4.78, 5) is 21.2. The van der Waals surface area contributed by atoms with Crippen molar-refractivity contribution in [3.05, 3.63) is 23.8 Å². The summed E-state index contributed by atoms with van der Waals surface area (Å²) in [6.45, 7) is 1.75. The molecule has 3 nitrogen and oxygen atoms in total. The van der Waals surface area contributed by atoms with Crippen molar-refractivity contribution >= 4 is 12.3 Å². The van der Waals surface area contributed by atoms with E-state index in [4.69, 9.17) is 4.74 Å². The van der Waals surface area contributed by atoms with E-state index in [0.717, 1.165) is 6.29 Å². The fourth-order valence-corrected chi connectivity index (χ4v) is 1.04. The van der Waals surface area contributed by atoms with Crippen LogP contribution in [-0.2, 0) is 14.3 Å². The van der Waals surface area contributed by atoms with Crippen molar-refractivity contribution in [2.45, 2.75) is 25.9 Å². The summed E-state index contributed by atoms with van der Waals surface area (Å²) >= 11 is 0. The number of carbonyl (C=O) groups excluding carboxylic acids is 2. The molecule has 1 unspecified atom stereocenters. The molecule has 0 spiro atoms. The molecule has 0 heterocycles. The summed E-state index contributed by atoms with van der Waals surface area (Å²) in [5.41, 5.74) is 0.642. The van der Waals surface area contributed by atoms with Gasteiger partial charge in [-0.1, -0.05) is 19.1 Å². The number of ether oxygens (including phenoxy) is 1. The van der Waals surface area contributed by atoms with Crippen LogP contribution in [0.25, 0.3) is 0 Å². The van der Waals surface area contributed by atoms with Gasteiger partial charge >= 0.3 is 5.97 Å². The molecule has 0 N–H and O–H groups in total. The van der Waals surface area contributed by atoms with Gasteiger partial charge < -0.3 is 4.74 Å². The minimum Gasteiger partial charge on any atom is -0.458 e. The molecule has 13 heavy (non-hydrogen) atoms. The Bertz CT molecular complexity index is 263. The Balaban J connectivity index is 2.43. The first-order chi connectivity index (χ1) is 6.26. The van der Waals surface area contributed by atoms with Crippen LogP contribution in [0.15, 0.2) is 23.8 Å². The summed E-state index contributed by atoms with van der Waals surface area (Å²) in [5.74, 6) is -0.211. The molecule has 1 rings (SSSR count). The van der Waals surface area contributed by atoms with Gasteiger partial charge in [0, 0.05) is 18.4 Å². The average molecular weight is 180 g/mol. The van der Waals surface area contributed by atoms with Crippen LogP contribution in [0.2, 0.25) is 0 Å². The molecular weight excluding hydrogens is 168 g/mol. The first-order valence-electron chi connectivity index (χ1n) is 4.29. The van der Waals surface area contributed by atoms with E-state index >= 15 is 0 Å². The summed E-state index contributed by atoms with van der Waals surface area (Å²) in [6.07, 6.45) is 6.73. The highest BCUT2D eigenvalue weighted by atomic mass is 16.5. The minimum absolute atomic E-state index is 0.198. The third kappa shape index (κ3) is 2.86. The van der Waals surface area contributed by atoms with E-state index in [-0.39, 0.29) is 12.1 Å². The number of rotatable bonds is 3. The maximum atomic E-state index is 10.9. The zero-order chi connectivity index (χ0) is 9.68. The van der Waals surface area contributed by atoms with Crippen LogP contribution in [0, 0.1) is 0 Å². The second-order valence-corrected chi connectivity index (χ2v) is 2.80. The SMILES string of the molecule is CCC(=O)OC1C=CC(C=O)=CC1. The van der Waals surface area contributed by atoms with Crippen molar-refractivity contribution in [1.29, 1.82) is 0 Å². The average Bonchev–Trinajstić information content (AvgIpc) is 2.19. The van der Waals surface area contributed by atoms with Gasteiger partial charge in [-0.25, -0.2) is 0 Å². The van der Waals surface area contributed by atoms with Crippen molar-refractivity contribution in [1.82, 2.24) is 0 Å². The van der Waals surface area contributed by atoms with E-state index in [2.05, 4.69) is 0 Å². The molecule has 0 saturated carbocycles. The van der Waals surface area contributed by atoms with E-state index in [0.29, 0.717) is 18.4 Å². The lowest BCUT2D eigenvalue weighted by Crippen LogP contribution is -2.16. The number of esters is 1. The van der Waals surface area contributed by atoms with Crippen LogP contribution in [0.1, 0.15) is 19.8 Å². The molecule has 0 aromatic heterocycles. The van der Waals surface area contributed by atoms with E-state index in [1.807, 2.05) is 0 Å². The van der Waals surface area contributed by atoms with Gasteiger partial charge in [-0.05, 0) is 6.08 Å². The fourth-order valence-electron chi connectivity index (χ4n) is 1.04. The molecule has 3 heteroatoms. The maximum Gasteiger partial charge on any atom is 0.306 e. The lowest BCUT2D eigenvalue weighted by Gasteiger charge is -2.14. The predicted molar refractivity (Wildman–Crippen MR) is 48.1 cm³/mol. The van der Waals surface area contributed by atoms with Crippen LogP contribution >= 0.6 is 0 Å². The maximum absolute atomic E-state index is 10.9. The minimum atomic E-state index is -0.211. The van der Waals surface area contributed by atoms with Gasteiger partial charge in [-0.3, -0.25) is 9.59 Å². The van der Waals surface area contributed by atoms with Crippen molar-refractivity contribution in [3.8, 4) is 0 Å². The Kier molecular flexibility index (Phi) is 3.43. The van der Waals surface area contributed by atoms with Crippen molar-refractivity contribution in [2.24, 2.45) is 0 Å². The van der Waals surface area contributed by atoms with Crippen molar-refractivity contribution in [2.75, 3.05) is 0 Å². The molecule has 1 aliphatic rings. The standard InChI is InChI=1S/C10H12O3/c1-2-10(12)13-9-5-3-8(7-11)4-6-9/h3-5,7,9H,2,6H2,1H3. The number of hydrogen-bond acceptors (Lipinski definition) is 3. The van der Waals surface area contributed by atoms with Crippen LogP contribution in [0.5, 0.6) is 0 Å². The molecule has 0 aromatic rings. The number of hydrogen-bond donors (Lipinski definition) is 0. The van der Waals surface area contributed by atoms with E-state index in [1.165, 1.54) is 0 Å². The smallest absolute Gasteiger partial charge is 0.306 e. The van der Waals surface area contributed by atoms with Crippen LogP contribution < -0.4 is 0 Å². The van der Waals surface area contributed by atoms with Crippen molar-refractivity contribution < 1.29 is 14.3 Å². The van der Waals surface area contributed by atoms with E-state index < -0.39 is 0 Å². The van der Waals surface area contributed by atoms with E-state index in [1.54, 1.807) is 25.2 Å². The predicted octanol–water partition coefficient (Wildman–Crippen LogP) is 1.39. The van der Waals surface area contributed by atoms with Crippen LogP contribution in [0.3, 0.4) is 0 Å². The van der Waals surface area contributed by atoms with Gasteiger partial charge in [0.15, 0.2) is 0 Å². The third-order valence-electron chi connectivity index (χ3n) is 1.80. The van der Waals surface area contributed by atoms with Gasteiger partial charge in [-0.2, -0.15) is 0 Å². The van der Waals surface area contributed by atoms with Gasteiger partial charge in [0.05, 0.1) is 0 Å². The second kappa shape index (κ2) is 4.60. The van der Waals surface area contributed by atoms with Crippen LogP contribution in [0.4, 0.5) is 0 Å². The first-order valence-corrected chi connectivity index (χ1v) is 4.29.